The summed E-state index contributed by atoms with van der Waals surface area (Å²) in [6.07, 6.45) is 4.13. The zero-order valence-electron chi connectivity index (χ0n) is 22.9. The molecule has 0 aliphatic carbocycles. The Morgan fingerprint density at radius 1 is 1.11 bits per heavy atom. The van der Waals surface area contributed by atoms with E-state index < -0.39 is 0 Å². The van der Waals surface area contributed by atoms with Crippen LogP contribution in [0.15, 0.2) is 41.3 Å². The Labute approximate surface area is 222 Å². The number of likely N-dealkylation sites (N-methyl/N-ethyl adjacent to an activating group) is 1. The highest BCUT2D eigenvalue weighted by Crippen LogP contribution is 2.26. The van der Waals surface area contributed by atoms with Crippen molar-refractivity contribution in [3.63, 3.8) is 0 Å². The number of nitrogens with zero attached hydrogens (tertiary/aromatic N) is 6. The van der Waals surface area contributed by atoms with Gasteiger partial charge in [-0.05, 0) is 71.5 Å². The van der Waals surface area contributed by atoms with Crippen molar-refractivity contribution in [3.05, 3.63) is 52.5 Å². The highest BCUT2D eigenvalue weighted by Gasteiger charge is 2.20. The van der Waals surface area contributed by atoms with Gasteiger partial charge in [0.25, 0.3) is 5.56 Å². The summed E-state index contributed by atoms with van der Waals surface area (Å²) in [5, 5.41) is 14.9. The first-order valence-electron chi connectivity index (χ1n) is 12.9. The van der Waals surface area contributed by atoms with Gasteiger partial charge in [0.2, 0.25) is 11.9 Å². The van der Waals surface area contributed by atoms with Crippen LogP contribution in [-0.2, 0) is 4.79 Å². The standard InChI is InChI=1S/C27H37N9O2/c1-17(2)30-24(37)10-9-23(28)36-25-21(26(38)35(36)18(3)4)16-29-27(32-25)31-20-7-8-22(19(5)15-20)34-13-11-33(6)12-14-34/h7-10,15-18,28H,11-14H2,1-6H3,(H,30,37)(H,29,31,32)/b10-9-,28-23?. The molecule has 3 heterocycles. The number of anilines is 3. The number of hydrogen-bond donors (Lipinski definition) is 3. The van der Waals surface area contributed by atoms with Crippen LogP contribution in [0, 0.1) is 12.3 Å². The van der Waals surface area contributed by atoms with Crippen LogP contribution in [0.4, 0.5) is 17.3 Å². The van der Waals surface area contributed by atoms with Gasteiger partial charge in [0, 0.05) is 61.9 Å². The number of piperazine rings is 1. The fourth-order valence-corrected chi connectivity index (χ4v) is 4.58. The minimum Gasteiger partial charge on any atom is -0.369 e. The molecule has 1 aliphatic rings. The van der Waals surface area contributed by atoms with Crippen molar-refractivity contribution in [1.29, 1.82) is 5.41 Å². The minimum absolute atomic E-state index is 0.0248. The zero-order chi connectivity index (χ0) is 27.6. The fraction of sp³-hybridized carbons (Fsp3) is 0.444. The Kier molecular flexibility index (Phi) is 7.96. The van der Waals surface area contributed by atoms with Crippen LogP contribution < -0.4 is 21.1 Å². The van der Waals surface area contributed by atoms with Crippen molar-refractivity contribution in [2.24, 2.45) is 0 Å². The summed E-state index contributed by atoms with van der Waals surface area (Å²) in [6, 6.07) is 5.90. The Hall–Kier alpha value is -3.99. The summed E-state index contributed by atoms with van der Waals surface area (Å²) in [4.78, 5) is 38.9. The lowest BCUT2D eigenvalue weighted by atomic mass is 10.1. The number of fused-ring (bicyclic) bond motifs is 1. The van der Waals surface area contributed by atoms with Crippen LogP contribution >= 0.6 is 0 Å². The SMILES string of the molecule is Cc1cc(Nc2ncc3c(=O)n(C(C)C)n(C(=N)/C=C\C(=O)NC(C)C)c3n2)ccc1N1CCN(C)CC1. The van der Waals surface area contributed by atoms with Gasteiger partial charge in [-0.25, -0.2) is 14.3 Å². The first-order valence-corrected chi connectivity index (χ1v) is 12.9. The van der Waals surface area contributed by atoms with E-state index in [0.717, 1.165) is 37.4 Å². The van der Waals surface area contributed by atoms with Gasteiger partial charge in [-0.3, -0.25) is 15.0 Å². The van der Waals surface area contributed by atoms with Gasteiger partial charge >= 0.3 is 0 Å². The molecule has 11 heteroatoms. The highest BCUT2D eigenvalue weighted by atomic mass is 16.1. The third-order valence-electron chi connectivity index (χ3n) is 6.46. The van der Waals surface area contributed by atoms with Gasteiger partial charge in [-0.2, -0.15) is 4.98 Å². The summed E-state index contributed by atoms with van der Waals surface area (Å²) in [5.74, 6) is -0.0537. The molecular weight excluding hydrogens is 482 g/mol. The summed E-state index contributed by atoms with van der Waals surface area (Å²) in [5.41, 5.74) is 3.20. The Balaban J connectivity index is 1.64. The molecule has 202 valence electrons. The molecule has 1 aromatic carbocycles. The Bertz CT molecular complexity index is 1430. The van der Waals surface area contributed by atoms with Crippen molar-refractivity contribution in [3.8, 4) is 0 Å². The number of rotatable bonds is 7. The molecule has 0 atom stereocenters. The van der Waals surface area contributed by atoms with Gasteiger partial charge in [0.1, 0.15) is 11.2 Å². The predicted octanol–water partition coefficient (Wildman–Crippen LogP) is 2.88. The predicted molar refractivity (Wildman–Crippen MR) is 152 cm³/mol. The average Bonchev–Trinajstić information content (AvgIpc) is 3.15. The molecule has 38 heavy (non-hydrogen) atoms. The number of benzene rings is 1. The van der Waals surface area contributed by atoms with E-state index in [9.17, 15) is 9.59 Å². The topological polar surface area (TPSA) is 124 Å². The second kappa shape index (κ2) is 11.2. The molecule has 0 spiro atoms. The number of carbonyl (C=O) groups excluding carboxylic acids is 1. The third kappa shape index (κ3) is 5.77. The van der Waals surface area contributed by atoms with Crippen molar-refractivity contribution < 1.29 is 4.79 Å². The molecule has 1 fully saturated rings. The first-order chi connectivity index (χ1) is 18.0. The number of aryl methyl sites for hydroxylation is 1. The van der Waals surface area contributed by atoms with E-state index >= 15 is 0 Å². The van der Waals surface area contributed by atoms with Crippen LogP contribution in [0.3, 0.4) is 0 Å². The lowest BCUT2D eigenvalue weighted by Crippen LogP contribution is -2.44. The third-order valence-corrected chi connectivity index (χ3v) is 6.46. The molecule has 4 rings (SSSR count). The minimum atomic E-state index is -0.313. The molecule has 3 N–H and O–H groups in total. The van der Waals surface area contributed by atoms with Gasteiger partial charge in [0.05, 0.1) is 0 Å². The summed E-state index contributed by atoms with van der Waals surface area (Å²) in [7, 11) is 2.14. The molecule has 11 nitrogen and oxygen atoms in total. The quantitative estimate of drug-likeness (QED) is 0.249. The molecule has 1 aliphatic heterocycles. The number of hydrogen-bond acceptors (Lipinski definition) is 8. The maximum absolute atomic E-state index is 13.1. The van der Waals surface area contributed by atoms with Crippen molar-refractivity contribution in [2.45, 2.75) is 46.7 Å². The lowest BCUT2D eigenvalue weighted by Gasteiger charge is -2.35. The van der Waals surface area contributed by atoms with Crippen LogP contribution in [0.5, 0.6) is 0 Å². The van der Waals surface area contributed by atoms with Gasteiger partial charge in [-0.15, -0.1) is 0 Å². The normalized spacial score (nSPS) is 14.7. The number of aromatic nitrogens is 4. The summed E-state index contributed by atoms with van der Waals surface area (Å²) in [6.45, 7) is 13.6. The van der Waals surface area contributed by atoms with E-state index in [1.165, 1.54) is 33.4 Å². The zero-order valence-corrected chi connectivity index (χ0v) is 22.9. The smallest absolute Gasteiger partial charge is 0.278 e. The molecule has 2 aromatic heterocycles. The largest absolute Gasteiger partial charge is 0.369 e. The fourth-order valence-electron chi connectivity index (χ4n) is 4.58. The number of allylic oxidation sites excluding steroid dienone is 1. The Morgan fingerprint density at radius 2 is 1.82 bits per heavy atom. The number of carbonyl (C=O) groups is 1. The van der Waals surface area contributed by atoms with Crippen molar-refractivity contribution >= 4 is 40.1 Å². The molecule has 0 radical (unpaired) electrons. The molecule has 0 saturated carbocycles. The van der Waals surface area contributed by atoms with Gasteiger partial charge in [-0.1, -0.05) is 0 Å². The lowest BCUT2D eigenvalue weighted by molar-refractivity contribution is -0.116. The Morgan fingerprint density at radius 3 is 2.45 bits per heavy atom. The number of nitrogens with one attached hydrogen (secondary N) is 3. The van der Waals surface area contributed by atoms with E-state index in [-0.39, 0.29) is 29.4 Å². The van der Waals surface area contributed by atoms with E-state index in [1.807, 2.05) is 33.8 Å². The van der Waals surface area contributed by atoms with E-state index in [2.05, 4.69) is 56.5 Å². The average molecular weight is 520 g/mol. The second-order valence-electron chi connectivity index (χ2n) is 10.3. The van der Waals surface area contributed by atoms with Crippen molar-refractivity contribution in [2.75, 3.05) is 43.4 Å². The van der Waals surface area contributed by atoms with Crippen LogP contribution in [0.2, 0.25) is 0 Å². The van der Waals surface area contributed by atoms with Crippen LogP contribution in [0.25, 0.3) is 11.0 Å². The molecule has 0 unspecified atom stereocenters. The molecule has 3 aromatic rings. The number of amides is 1. The van der Waals surface area contributed by atoms with Crippen LogP contribution in [-0.4, -0.2) is 75.2 Å². The summed E-state index contributed by atoms with van der Waals surface area (Å²) < 4.78 is 2.88. The molecule has 0 bridgehead atoms. The maximum atomic E-state index is 13.1. The molecular formula is C27H37N9O2. The second-order valence-corrected chi connectivity index (χ2v) is 10.3. The summed E-state index contributed by atoms with van der Waals surface area (Å²) >= 11 is 0. The highest BCUT2D eigenvalue weighted by molar-refractivity contribution is 6.02. The molecule has 1 saturated heterocycles. The first kappa shape index (κ1) is 27.1. The van der Waals surface area contributed by atoms with Crippen molar-refractivity contribution in [1.82, 2.24) is 29.5 Å². The van der Waals surface area contributed by atoms with Gasteiger partial charge in [0.15, 0.2) is 5.65 Å². The van der Waals surface area contributed by atoms with E-state index in [0.29, 0.717) is 17.0 Å². The van der Waals surface area contributed by atoms with E-state index in [4.69, 9.17) is 5.41 Å². The van der Waals surface area contributed by atoms with Crippen LogP contribution in [0.1, 0.15) is 39.3 Å². The van der Waals surface area contributed by atoms with Gasteiger partial charge < -0.3 is 20.4 Å². The maximum Gasteiger partial charge on any atom is 0.278 e. The van der Waals surface area contributed by atoms with E-state index in [1.54, 1.807) is 0 Å². The monoisotopic (exact) mass is 519 g/mol. The molecule has 1 amide bonds.